The first-order chi connectivity index (χ1) is 8.66. The Hall–Kier alpha value is -1.60. The summed E-state index contributed by atoms with van der Waals surface area (Å²) in [5, 5.41) is 0. The minimum Gasteiger partial charge on any atom is -0.327 e. The van der Waals surface area contributed by atoms with E-state index in [1.54, 1.807) is 0 Å². The second-order valence-corrected chi connectivity index (χ2v) is 5.07. The van der Waals surface area contributed by atoms with Gasteiger partial charge in [-0.05, 0) is 31.4 Å². The fraction of sp³-hybridized carbons (Fsp3) is 0.294. The van der Waals surface area contributed by atoms with Crippen molar-refractivity contribution in [3.05, 3.63) is 71.3 Å². The predicted octanol–water partition coefficient (Wildman–Crippen LogP) is 3.67. The molecule has 0 aliphatic carbocycles. The van der Waals surface area contributed by atoms with Gasteiger partial charge in [-0.15, -0.1) is 0 Å². The summed E-state index contributed by atoms with van der Waals surface area (Å²) in [7, 11) is 0. The van der Waals surface area contributed by atoms with Crippen molar-refractivity contribution in [1.29, 1.82) is 0 Å². The zero-order valence-corrected chi connectivity index (χ0v) is 11.1. The van der Waals surface area contributed by atoms with Crippen molar-refractivity contribution in [3.8, 4) is 0 Å². The Morgan fingerprint density at radius 3 is 2.11 bits per heavy atom. The predicted molar refractivity (Wildman–Crippen MR) is 77.7 cm³/mol. The standard InChI is InChI=1S/C17H21N/c1-13-8-10-15(11-9-13)12-17(14(2)18)16-6-4-3-5-7-16/h3-11,14,17H,12,18H2,1-2H3/t14-,17+/m0/s1. The zero-order chi connectivity index (χ0) is 13.0. The number of benzene rings is 2. The molecule has 0 heterocycles. The number of rotatable bonds is 4. The van der Waals surface area contributed by atoms with E-state index in [2.05, 4.69) is 62.4 Å². The van der Waals surface area contributed by atoms with Gasteiger partial charge in [0.05, 0.1) is 0 Å². The molecule has 2 rings (SSSR count). The summed E-state index contributed by atoms with van der Waals surface area (Å²) in [6, 6.07) is 19.4. The number of aryl methyl sites for hydroxylation is 1. The zero-order valence-electron chi connectivity index (χ0n) is 11.1. The summed E-state index contributed by atoms with van der Waals surface area (Å²) < 4.78 is 0. The first-order valence-corrected chi connectivity index (χ1v) is 6.53. The lowest BCUT2D eigenvalue weighted by Crippen LogP contribution is -2.26. The van der Waals surface area contributed by atoms with Gasteiger partial charge in [0.25, 0.3) is 0 Å². The lowest BCUT2D eigenvalue weighted by molar-refractivity contribution is 0.565. The van der Waals surface area contributed by atoms with E-state index in [-0.39, 0.29) is 6.04 Å². The molecule has 0 aliphatic heterocycles. The highest BCUT2D eigenvalue weighted by Gasteiger charge is 2.16. The van der Waals surface area contributed by atoms with Crippen molar-refractivity contribution in [2.45, 2.75) is 32.2 Å². The smallest absolute Gasteiger partial charge is 0.00825 e. The van der Waals surface area contributed by atoms with Crippen LogP contribution >= 0.6 is 0 Å². The SMILES string of the molecule is Cc1ccc(C[C@@H](c2ccccc2)[C@H](C)N)cc1. The molecule has 0 amide bonds. The summed E-state index contributed by atoms with van der Waals surface area (Å²) in [5.41, 5.74) is 10.1. The van der Waals surface area contributed by atoms with E-state index in [1.807, 2.05) is 6.07 Å². The Morgan fingerprint density at radius 1 is 0.944 bits per heavy atom. The molecular formula is C17H21N. The van der Waals surface area contributed by atoms with Gasteiger partial charge < -0.3 is 5.73 Å². The van der Waals surface area contributed by atoms with Crippen molar-refractivity contribution in [2.75, 3.05) is 0 Å². The van der Waals surface area contributed by atoms with Crippen LogP contribution in [-0.2, 0) is 6.42 Å². The number of nitrogens with two attached hydrogens (primary N) is 1. The molecule has 2 N–H and O–H groups in total. The molecule has 0 saturated heterocycles. The maximum atomic E-state index is 6.15. The third-order valence-electron chi connectivity index (χ3n) is 3.44. The van der Waals surface area contributed by atoms with Gasteiger partial charge in [-0.1, -0.05) is 60.2 Å². The molecule has 1 heteroatoms. The first-order valence-electron chi connectivity index (χ1n) is 6.53. The third kappa shape index (κ3) is 3.21. The second-order valence-electron chi connectivity index (χ2n) is 5.07. The lowest BCUT2D eigenvalue weighted by atomic mass is 9.87. The molecule has 0 saturated carbocycles. The van der Waals surface area contributed by atoms with Crippen LogP contribution in [0.5, 0.6) is 0 Å². The van der Waals surface area contributed by atoms with E-state index < -0.39 is 0 Å². The van der Waals surface area contributed by atoms with Crippen molar-refractivity contribution in [3.63, 3.8) is 0 Å². The van der Waals surface area contributed by atoms with Gasteiger partial charge in [0.1, 0.15) is 0 Å². The van der Waals surface area contributed by atoms with Gasteiger partial charge in [-0.2, -0.15) is 0 Å². The van der Waals surface area contributed by atoms with Crippen LogP contribution in [-0.4, -0.2) is 6.04 Å². The van der Waals surface area contributed by atoms with E-state index >= 15 is 0 Å². The van der Waals surface area contributed by atoms with Gasteiger partial charge in [-0.25, -0.2) is 0 Å². The van der Waals surface area contributed by atoms with Crippen LogP contribution in [0.3, 0.4) is 0 Å². The third-order valence-corrected chi connectivity index (χ3v) is 3.44. The molecule has 18 heavy (non-hydrogen) atoms. The fourth-order valence-electron chi connectivity index (χ4n) is 2.29. The number of hydrogen-bond donors (Lipinski definition) is 1. The van der Waals surface area contributed by atoms with Crippen molar-refractivity contribution >= 4 is 0 Å². The Kier molecular flexibility index (Phi) is 4.16. The minimum atomic E-state index is 0.161. The molecule has 0 aliphatic rings. The van der Waals surface area contributed by atoms with Crippen LogP contribution in [0.4, 0.5) is 0 Å². The van der Waals surface area contributed by atoms with Crippen molar-refractivity contribution < 1.29 is 0 Å². The van der Waals surface area contributed by atoms with E-state index in [0.29, 0.717) is 5.92 Å². The summed E-state index contributed by atoms with van der Waals surface area (Å²) >= 11 is 0. The highest BCUT2D eigenvalue weighted by atomic mass is 14.6. The summed E-state index contributed by atoms with van der Waals surface area (Å²) in [6.07, 6.45) is 1.00. The molecule has 2 aromatic rings. The highest BCUT2D eigenvalue weighted by Crippen LogP contribution is 2.23. The molecule has 1 nitrogen and oxygen atoms in total. The molecule has 0 radical (unpaired) electrons. The van der Waals surface area contributed by atoms with E-state index in [1.165, 1.54) is 16.7 Å². The minimum absolute atomic E-state index is 0.161. The van der Waals surface area contributed by atoms with Crippen molar-refractivity contribution in [2.24, 2.45) is 5.73 Å². The van der Waals surface area contributed by atoms with Gasteiger partial charge in [0.2, 0.25) is 0 Å². The quantitative estimate of drug-likeness (QED) is 0.865. The maximum Gasteiger partial charge on any atom is 0.00825 e. The summed E-state index contributed by atoms with van der Waals surface area (Å²) in [4.78, 5) is 0. The largest absolute Gasteiger partial charge is 0.327 e. The van der Waals surface area contributed by atoms with Crippen LogP contribution in [0.15, 0.2) is 54.6 Å². The molecule has 0 spiro atoms. The molecule has 0 fully saturated rings. The Morgan fingerprint density at radius 2 is 1.56 bits per heavy atom. The molecule has 94 valence electrons. The number of hydrogen-bond acceptors (Lipinski definition) is 1. The summed E-state index contributed by atoms with van der Waals surface area (Å²) in [5.74, 6) is 0.383. The maximum absolute atomic E-state index is 6.15. The topological polar surface area (TPSA) is 26.0 Å². The average molecular weight is 239 g/mol. The van der Waals surface area contributed by atoms with E-state index in [4.69, 9.17) is 5.73 Å². The first kappa shape index (κ1) is 12.8. The lowest BCUT2D eigenvalue weighted by Gasteiger charge is -2.21. The van der Waals surface area contributed by atoms with E-state index in [9.17, 15) is 0 Å². The Bertz CT molecular complexity index is 471. The van der Waals surface area contributed by atoms with Gasteiger partial charge >= 0.3 is 0 Å². The normalized spacial score (nSPS) is 14.2. The molecule has 0 unspecified atom stereocenters. The molecule has 0 aromatic heterocycles. The average Bonchev–Trinajstić information content (AvgIpc) is 2.38. The summed E-state index contributed by atoms with van der Waals surface area (Å²) in [6.45, 7) is 4.20. The second kappa shape index (κ2) is 5.83. The van der Waals surface area contributed by atoms with Crippen molar-refractivity contribution in [1.82, 2.24) is 0 Å². The van der Waals surface area contributed by atoms with Gasteiger partial charge in [0, 0.05) is 12.0 Å². The van der Waals surface area contributed by atoms with Crippen LogP contribution < -0.4 is 5.73 Å². The molecule has 2 atom stereocenters. The molecule has 2 aromatic carbocycles. The van der Waals surface area contributed by atoms with E-state index in [0.717, 1.165) is 6.42 Å². The molecule has 0 bridgehead atoms. The highest BCUT2D eigenvalue weighted by molar-refractivity contribution is 5.27. The van der Waals surface area contributed by atoms with Crippen LogP contribution in [0.25, 0.3) is 0 Å². The van der Waals surface area contributed by atoms with Crippen LogP contribution in [0.1, 0.15) is 29.5 Å². The monoisotopic (exact) mass is 239 g/mol. The van der Waals surface area contributed by atoms with Gasteiger partial charge in [-0.3, -0.25) is 0 Å². The fourth-order valence-corrected chi connectivity index (χ4v) is 2.29. The van der Waals surface area contributed by atoms with Crippen LogP contribution in [0.2, 0.25) is 0 Å². The van der Waals surface area contributed by atoms with Gasteiger partial charge in [0.15, 0.2) is 0 Å². The van der Waals surface area contributed by atoms with Crippen LogP contribution in [0, 0.1) is 6.92 Å². The Balaban J connectivity index is 2.19. The molecular weight excluding hydrogens is 218 g/mol. The Labute approximate surface area is 110 Å².